The monoisotopic (exact) mass is 277 g/mol. The third-order valence-electron chi connectivity index (χ3n) is 2.46. The molecule has 7 heteroatoms. The van der Waals surface area contributed by atoms with Crippen LogP contribution in [0.2, 0.25) is 0 Å². The Morgan fingerprint density at radius 2 is 2.17 bits per heavy atom. The van der Waals surface area contributed by atoms with Crippen molar-refractivity contribution in [2.24, 2.45) is 0 Å². The molecule has 0 saturated heterocycles. The van der Waals surface area contributed by atoms with Gasteiger partial charge in [-0.1, -0.05) is 0 Å². The Morgan fingerprint density at radius 3 is 2.61 bits per heavy atom. The zero-order chi connectivity index (χ0) is 13.7. The summed E-state index contributed by atoms with van der Waals surface area (Å²) >= 11 is 1.40. The van der Waals surface area contributed by atoms with Crippen molar-refractivity contribution >= 4 is 23.2 Å². The van der Waals surface area contributed by atoms with E-state index in [1.165, 1.54) is 11.3 Å². The predicted octanol–water partition coefficient (Wildman–Crippen LogP) is 2.08. The van der Waals surface area contributed by atoms with E-state index in [4.69, 9.17) is 5.11 Å². The summed E-state index contributed by atoms with van der Waals surface area (Å²) in [7, 11) is 0. The number of carboxylic acids is 1. The zero-order valence-electron chi connectivity index (χ0n) is 9.60. The van der Waals surface area contributed by atoms with Crippen molar-refractivity contribution in [1.29, 1.82) is 0 Å². The molecule has 2 atom stereocenters. The molecule has 1 amide bonds. The lowest BCUT2D eigenvalue weighted by molar-refractivity contribution is -0.143. The van der Waals surface area contributed by atoms with Gasteiger partial charge < -0.3 is 10.4 Å². The number of thiophene rings is 1. The number of rotatable bonds is 6. The number of halogens is 2. The van der Waals surface area contributed by atoms with Crippen LogP contribution in [-0.4, -0.2) is 29.5 Å². The van der Waals surface area contributed by atoms with Gasteiger partial charge in [0.15, 0.2) is 0 Å². The van der Waals surface area contributed by atoms with E-state index in [1.807, 2.05) is 0 Å². The van der Waals surface area contributed by atoms with Gasteiger partial charge in [0.2, 0.25) is 12.3 Å². The Kier molecular flexibility index (Phi) is 5.21. The summed E-state index contributed by atoms with van der Waals surface area (Å²) < 4.78 is 24.3. The number of amides is 1. The molecule has 0 spiro atoms. The summed E-state index contributed by atoms with van der Waals surface area (Å²) in [5.41, 5.74) is 0.735. The lowest BCUT2D eigenvalue weighted by Gasteiger charge is -2.17. The lowest BCUT2D eigenvalue weighted by atomic mass is 10.0. The van der Waals surface area contributed by atoms with E-state index in [0.29, 0.717) is 0 Å². The second-order valence-electron chi connectivity index (χ2n) is 3.80. The first kappa shape index (κ1) is 14.6. The number of aliphatic carboxylic acids is 1. The molecule has 0 radical (unpaired) electrons. The van der Waals surface area contributed by atoms with Gasteiger partial charge in [0.05, 0.1) is 5.92 Å². The van der Waals surface area contributed by atoms with E-state index in [-0.39, 0.29) is 0 Å². The number of nitrogens with one attached hydrogen (secondary N) is 1. The fourth-order valence-electron chi connectivity index (χ4n) is 1.37. The molecule has 2 unspecified atom stereocenters. The molecule has 0 aliphatic carbocycles. The normalized spacial score (nSPS) is 14.2. The summed E-state index contributed by atoms with van der Waals surface area (Å²) in [4.78, 5) is 22.5. The molecular weight excluding hydrogens is 264 g/mol. The maximum absolute atomic E-state index is 12.2. The highest BCUT2D eigenvalue weighted by molar-refractivity contribution is 7.08. The second-order valence-corrected chi connectivity index (χ2v) is 4.58. The molecule has 0 aliphatic heterocycles. The Labute approximate surface area is 107 Å². The van der Waals surface area contributed by atoms with Gasteiger partial charge in [0, 0.05) is 6.42 Å². The molecule has 0 bridgehead atoms. The van der Waals surface area contributed by atoms with Gasteiger partial charge >= 0.3 is 5.97 Å². The molecule has 1 aromatic heterocycles. The number of alkyl halides is 2. The third-order valence-corrected chi connectivity index (χ3v) is 3.17. The van der Waals surface area contributed by atoms with E-state index in [0.717, 1.165) is 5.56 Å². The van der Waals surface area contributed by atoms with Gasteiger partial charge in [-0.05, 0) is 29.3 Å². The second kappa shape index (κ2) is 6.44. The number of hydrogen-bond acceptors (Lipinski definition) is 3. The van der Waals surface area contributed by atoms with Crippen LogP contribution in [0.4, 0.5) is 8.78 Å². The zero-order valence-corrected chi connectivity index (χ0v) is 10.4. The van der Waals surface area contributed by atoms with E-state index < -0.39 is 36.7 Å². The van der Waals surface area contributed by atoms with Crippen molar-refractivity contribution < 1.29 is 23.5 Å². The SMILES string of the molecule is CC(C(=O)NC(CC(F)F)C(=O)O)c1ccsc1. The minimum absolute atomic E-state index is 0.559. The highest BCUT2D eigenvalue weighted by Crippen LogP contribution is 2.18. The number of hydrogen-bond donors (Lipinski definition) is 2. The quantitative estimate of drug-likeness (QED) is 0.836. The lowest BCUT2D eigenvalue weighted by Crippen LogP contribution is -2.43. The highest BCUT2D eigenvalue weighted by atomic mass is 32.1. The average Bonchev–Trinajstić information content (AvgIpc) is 2.79. The standard InChI is InChI=1S/C11H13F2NO3S/c1-6(7-2-3-18-5-7)10(15)14-8(11(16)17)4-9(12)13/h2-3,5-6,8-9H,4H2,1H3,(H,14,15)(H,16,17). The van der Waals surface area contributed by atoms with Crippen LogP contribution in [0.1, 0.15) is 24.8 Å². The maximum Gasteiger partial charge on any atom is 0.326 e. The van der Waals surface area contributed by atoms with Crippen molar-refractivity contribution in [2.45, 2.75) is 31.7 Å². The minimum atomic E-state index is -2.78. The van der Waals surface area contributed by atoms with E-state index in [9.17, 15) is 18.4 Å². The molecule has 0 fully saturated rings. The van der Waals surface area contributed by atoms with Gasteiger partial charge in [-0.3, -0.25) is 4.79 Å². The first-order chi connectivity index (χ1) is 8.41. The Bertz CT molecular complexity index is 408. The Morgan fingerprint density at radius 1 is 1.50 bits per heavy atom. The van der Waals surface area contributed by atoms with Crippen LogP contribution >= 0.6 is 11.3 Å². The summed E-state index contributed by atoms with van der Waals surface area (Å²) in [5.74, 6) is -2.58. The summed E-state index contributed by atoms with van der Waals surface area (Å²) in [6.45, 7) is 1.60. The van der Waals surface area contributed by atoms with Crippen LogP contribution in [0, 0.1) is 0 Å². The maximum atomic E-state index is 12.2. The summed E-state index contributed by atoms with van der Waals surface area (Å²) in [6, 6.07) is 0.177. The Hall–Kier alpha value is -1.50. The number of carbonyl (C=O) groups excluding carboxylic acids is 1. The van der Waals surface area contributed by atoms with E-state index >= 15 is 0 Å². The molecule has 0 aliphatic rings. The van der Waals surface area contributed by atoms with Crippen LogP contribution in [0.15, 0.2) is 16.8 Å². The number of carboxylic acid groups (broad SMARTS) is 1. The van der Waals surface area contributed by atoms with Crippen LogP contribution in [-0.2, 0) is 9.59 Å². The van der Waals surface area contributed by atoms with Gasteiger partial charge in [0.1, 0.15) is 6.04 Å². The fraction of sp³-hybridized carbons (Fsp3) is 0.455. The topological polar surface area (TPSA) is 66.4 Å². The summed E-state index contributed by atoms with van der Waals surface area (Å²) in [6.07, 6.45) is -3.67. The van der Waals surface area contributed by atoms with E-state index in [1.54, 1.807) is 23.8 Å². The van der Waals surface area contributed by atoms with Gasteiger partial charge in [-0.15, -0.1) is 0 Å². The minimum Gasteiger partial charge on any atom is -0.480 e. The average molecular weight is 277 g/mol. The smallest absolute Gasteiger partial charge is 0.326 e. The van der Waals surface area contributed by atoms with Crippen molar-refractivity contribution in [3.63, 3.8) is 0 Å². The Balaban J connectivity index is 2.64. The van der Waals surface area contributed by atoms with Crippen molar-refractivity contribution in [3.8, 4) is 0 Å². The molecule has 4 nitrogen and oxygen atoms in total. The molecule has 0 saturated carbocycles. The largest absolute Gasteiger partial charge is 0.480 e. The molecular formula is C11H13F2NO3S. The highest BCUT2D eigenvalue weighted by Gasteiger charge is 2.26. The first-order valence-electron chi connectivity index (χ1n) is 5.25. The van der Waals surface area contributed by atoms with Crippen molar-refractivity contribution in [1.82, 2.24) is 5.32 Å². The molecule has 18 heavy (non-hydrogen) atoms. The number of carbonyl (C=O) groups is 2. The predicted molar refractivity (Wildman–Crippen MR) is 62.9 cm³/mol. The third kappa shape index (κ3) is 4.06. The van der Waals surface area contributed by atoms with Crippen molar-refractivity contribution in [2.75, 3.05) is 0 Å². The molecule has 100 valence electrons. The van der Waals surface area contributed by atoms with E-state index in [2.05, 4.69) is 5.32 Å². The van der Waals surface area contributed by atoms with Gasteiger partial charge in [-0.25, -0.2) is 13.6 Å². The first-order valence-corrected chi connectivity index (χ1v) is 6.19. The molecule has 0 aromatic carbocycles. The molecule has 2 N–H and O–H groups in total. The van der Waals surface area contributed by atoms with Crippen LogP contribution in [0.25, 0.3) is 0 Å². The molecule has 1 heterocycles. The van der Waals surface area contributed by atoms with Crippen LogP contribution < -0.4 is 5.32 Å². The molecule has 1 rings (SSSR count). The van der Waals surface area contributed by atoms with Gasteiger partial charge in [0.25, 0.3) is 0 Å². The van der Waals surface area contributed by atoms with Crippen LogP contribution in [0.5, 0.6) is 0 Å². The van der Waals surface area contributed by atoms with Gasteiger partial charge in [-0.2, -0.15) is 11.3 Å². The fourth-order valence-corrected chi connectivity index (χ4v) is 2.12. The molecule has 1 aromatic rings. The summed E-state index contributed by atoms with van der Waals surface area (Å²) in [5, 5.41) is 14.4. The van der Waals surface area contributed by atoms with Crippen molar-refractivity contribution in [3.05, 3.63) is 22.4 Å². The van der Waals surface area contributed by atoms with Crippen LogP contribution in [0.3, 0.4) is 0 Å².